The molecule has 34 heavy (non-hydrogen) atoms. The maximum atomic E-state index is 13.1. The highest BCUT2D eigenvalue weighted by atomic mass is 19.1. The van der Waals surface area contributed by atoms with E-state index in [0.29, 0.717) is 32.5 Å². The molecule has 180 valence electrons. The lowest BCUT2D eigenvalue weighted by atomic mass is 9.80. The Morgan fingerprint density at radius 3 is 2.50 bits per heavy atom. The van der Waals surface area contributed by atoms with Crippen LogP contribution >= 0.6 is 0 Å². The molecular weight excluding hydrogens is 443 g/mol. The smallest absolute Gasteiger partial charge is 0.407 e. The molecule has 4 rings (SSSR count). The number of halogens is 1. The van der Waals surface area contributed by atoms with E-state index in [0.717, 1.165) is 11.1 Å². The van der Waals surface area contributed by atoms with Gasteiger partial charge in [-0.15, -0.1) is 0 Å². The number of rotatable bonds is 7. The van der Waals surface area contributed by atoms with Crippen molar-refractivity contribution in [2.45, 2.75) is 31.6 Å². The van der Waals surface area contributed by atoms with Gasteiger partial charge in [-0.25, -0.2) is 9.18 Å². The fraction of sp³-hybridized carbons (Fsp3) is 0.400. The molecule has 1 unspecified atom stereocenters. The minimum atomic E-state index is -0.529. The Balaban J connectivity index is 1.13. The summed E-state index contributed by atoms with van der Waals surface area (Å²) in [6.07, 6.45) is 0.00274. The maximum Gasteiger partial charge on any atom is 0.407 e. The van der Waals surface area contributed by atoms with Crippen molar-refractivity contribution in [1.82, 2.24) is 10.2 Å². The summed E-state index contributed by atoms with van der Waals surface area (Å²) in [6.45, 7) is 0.883. The Morgan fingerprint density at radius 1 is 1.03 bits per heavy atom. The lowest BCUT2D eigenvalue weighted by Gasteiger charge is -2.35. The molecule has 1 atom stereocenters. The first kappa shape index (κ1) is 23.7. The molecule has 2 fully saturated rings. The summed E-state index contributed by atoms with van der Waals surface area (Å²) in [5, 5.41) is 2.73. The molecule has 1 heterocycles. The van der Waals surface area contributed by atoms with Crippen LogP contribution in [0.1, 0.15) is 30.1 Å². The third-order valence-electron chi connectivity index (χ3n) is 6.00. The second kappa shape index (κ2) is 11.1. The van der Waals surface area contributed by atoms with Crippen molar-refractivity contribution >= 4 is 18.0 Å². The van der Waals surface area contributed by atoms with Gasteiger partial charge < -0.3 is 24.4 Å². The van der Waals surface area contributed by atoms with Crippen LogP contribution in [-0.2, 0) is 30.4 Å². The standard InChI is InChI=1S/C25H27FN2O6/c26-20-8-6-18(7-9-20)22-14-28(10-11-32-22)23(29)16-33-24(30)19-12-21(13-19)27-25(31)34-15-17-4-2-1-3-5-17/h1-9,19,21-22H,10-16H2,(H,27,31). The van der Waals surface area contributed by atoms with Crippen molar-refractivity contribution in [3.63, 3.8) is 0 Å². The van der Waals surface area contributed by atoms with Gasteiger partial charge in [0.15, 0.2) is 6.61 Å². The molecule has 0 spiro atoms. The molecule has 8 nitrogen and oxygen atoms in total. The Bertz CT molecular complexity index is 994. The van der Waals surface area contributed by atoms with Crippen LogP contribution in [0.25, 0.3) is 0 Å². The number of ether oxygens (including phenoxy) is 3. The number of carbonyl (C=O) groups is 3. The maximum absolute atomic E-state index is 13.1. The lowest BCUT2D eigenvalue weighted by molar-refractivity contribution is -0.160. The summed E-state index contributed by atoms with van der Waals surface area (Å²) in [5.74, 6) is -1.45. The molecule has 2 aromatic carbocycles. The fourth-order valence-electron chi connectivity index (χ4n) is 3.96. The van der Waals surface area contributed by atoms with E-state index in [-0.39, 0.29) is 43.0 Å². The molecule has 1 saturated carbocycles. The van der Waals surface area contributed by atoms with Crippen molar-refractivity contribution in [3.05, 3.63) is 71.5 Å². The van der Waals surface area contributed by atoms with Gasteiger partial charge >= 0.3 is 12.1 Å². The SMILES string of the molecule is O=C(NC1CC(C(=O)OCC(=O)N2CCOC(c3ccc(F)cc3)C2)C1)OCc1ccccc1. The van der Waals surface area contributed by atoms with Crippen molar-refractivity contribution in [1.29, 1.82) is 0 Å². The quantitative estimate of drug-likeness (QED) is 0.626. The lowest BCUT2D eigenvalue weighted by Crippen LogP contribution is -2.48. The Hall–Kier alpha value is -3.46. The second-order valence-corrected chi connectivity index (χ2v) is 8.43. The van der Waals surface area contributed by atoms with E-state index in [1.54, 1.807) is 17.0 Å². The number of morpholine rings is 1. The monoisotopic (exact) mass is 470 g/mol. The van der Waals surface area contributed by atoms with Gasteiger partial charge in [0.25, 0.3) is 5.91 Å². The Morgan fingerprint density at radius 2 is 1.76 bits per heavy atom. The second-order valence-electron chi connectivity index (χ2n) is 8.43. The predicted octanol–water partition coefficient (Wildman–Crippen LogP) is 2.97. The molecule has 2 amide bonds. The number of hydrogen-bond acceptors (Lipinski definition) is 6. The average Bonchev–Trinajstić information content (AvgIpc) is 2.84. The molecule has 1 N–H and O–H groups in total. The summed E-state index contributed by atoms with van der Waals surface area (Å²) in [5.41, 5.74) is 1.67. The summed E-state index contributed by atoms with van der Waals surface area (Å²) < 4.78 is 29.2. The van der Waals surface area contributed by atoms with Gasteiger partial charge in [0.2, 0.25) is 0 Å². The van der Waals surface area contributed by atoms with Crippen LogP contribution in [0.4, 0.5) is 9.18 Å². The minimum absolute atomic E-state index is 0.160. The molecule has 1 aliphatic carbocycles. The number of alkyl carbamates (subject to hydrolysis) is 1. The summed E-state index contributed by atoms with van der Waals surface area (Å²) in [4.78, 5) is 38.3. The van der Waals surface area contributed by atoms with E-state index in [9.17, 15) is 18.8 Å². The van der Waals surface area contributed by atoms with Crippen LogP contribution in [0, 0.1) is 11.7 Å². The van der Waals surface area contributed by atoms with Crippen LogP contribution in [0.3, 0.4) is 0 Å². The molecule has 2 aliphatic rings. The zero-order chi connectivity index (χ0) is 23.9. The first-order valence-electron chi connectivity index (χ1n) is 11.3. The average molecular weight is 470 g/mol. The fourth-order valence-corrected chi connectivity index (χ4v) is 3.96. The zero-order valence-corrected chi connectivity index (χ0v) is 18.7. The summed E-state index contributed by atoms with van der Waals surface area (Å²) in [7, 11) is 0. The molecule has 1 saturated heterocycles. The van der Waals surface area contributed by atoms with E-state index >= 15 is 0 Å². The van der Waals surface area contributed by atoms with E-state index < -0.39 is 12.1 Å². The Labute approximate surface area is 197 Å². The van der Waals surface area contributed by atoms with Crippen molar-refractivity contribution in [3.8, 4) is 0 Å². The van der Waals surface area contributed by atoms with Crippen LogP contribution in [0.15, 0.2) is 54.6 Å². The first-order chi connectivity index (χ1) is 16.5. The third-order valence-corrected chi connectivity index (χ3v) is 6.00. The largest absolute Gasteiger partial charge is 0.455 e. The highest BCUT2D eigenvalue weighted by Crippen LogP contribution is 2.29. The molecular formula is C25H27FN2O6. The third kappa shape index (κ3) is 6.32. The van der Waals surface area contributed by atoms with Gasteiger partial charge in [-0.2, -0.15) is 0 Å². The number of hydrogen-bond donors (Lipinski definition) is 1. The number of carbonyl (C=O) groups excluding carboxylic acids is 3. The van der Waals surface area contributed by atoms with Gasteiger partial charge in [-0.3, -0.25) is 9.59 Å². The topological polar surface area (TPSA) is 94.2 Å². The predicted molar refractivity (Wildman–Crippen MR) is 119 cm³/mol. The molecule has 0 aromatic heterocycles. The van der Waals surface area contributed by atoms with Gasteiger partial charge in [0, 0.05) is 12.6 Å². The normalized spacial score (nSPS) is 21.8. The molecule has 0 radical (unpaired) electrons. The number of nitrogens with one attached hydrogen (secondary N) is 1. The van der Waals surface area contributed by atoms with Gasteiger partial charge in [0.1, 0.15) is 18.5 Å². The van der Waals surface area contributed by atoms with Crippen LogP contribution < -0.4 is 5.32 Å². The highest BCUT2D eigenvalue weighted by molar-refractivity contribution is 5.82. The summed E-state index contributed by atoms with van der Waals surface area (Å²) in [6, 6.07) is 15.2. The van der Waals surface area contributed by atoms with Crippen LogP contribution in [-0.4, -0.2) is 55.2 Å². The number of nitrogens with zero attached hydrogens (tertiary/aromatic N) is 1. The molecule has 2 aromatic rings. The minimum Gasteiger partial charge on any atom is -0.455 e. The highest BCUT2D eigenvalue weighted by Gasteiger charge is 2.37. The van der Waals surface area contributed by atoms with E-state index in [2.05, 4.69) is 5.32 Å². The van der Waals surface area contributed by atoms with Gasteiger partial charge in [-0.05, 0) is 36.1 Å². The van der Waals surface area contributed by atoms with Crippen molar-refractivity contribution in [2.75, 3.05) is 26.3 Å². The van der Waals surface area contributed by atoms with Gasteiger partial charge in [-0.1, -0.05) is 42.5 Å². The number of esters is 1. The molecule has 1 aliphatic heterocycles. The van der Waals surface area contributed by atoms with Crippen LogP contribution in [0.5, 0.6) is 0 Å². The zero-order valence-electron chi connectivity index (χ0n) is 18.7. The Kier molecular flexibility index (Phi) is 7.74. The van der Waals surface area contributed by atoms with Crippen molar-refractivity contribution in [2.24, 2.45) is 5.92 Å². The number of amides is 2. The molecule has 0 bridgehead atoms. The van der Waals surface area contributed by atoms with Crippen LogP contribution in [0.2, 0.25) is 0 Å². The van der Waals surface area contributed by atoms with E-state index in [1.807, 2.05) is 30.3 Å². The summed E-state index contributed by atoms with van der Waals surface area (Å²) >= 11 is 0. The van der Waals surface area contributed by atoms with Crippen molar-refractivity contribution < 1.29 is 33.0 Å². The van der Waals surface area contributed by atoms with E-state index in [1.165, 1.54) is 12.1 Å². The molecule has 9 heteroatoms. The number of benzene rings is 2. The van der Waals surface area contributed by atoms with Gasteiger partial charge in [0.05, 0.1) is 19.1 Å². The van der Waals surface area contributed by atoms with E-state index in [4.69, 9.17) is 14.2 Å². The first-order valence-corrected chi connectivity index (χ1v) is 11.3.